The highest BCUT2D eigenvalue weighted by Gasteiger charge is 2.25. The van der Waals surface area contributed by atoms with E-state index in [9.17, 15) is 4.79 Å². The first kappa shape index (κ1) is 25.1. The Morgan fingerprint density at radius 1 is 0.943 bits per heavy atom. The smallest absolute Gasteiger partial charge is 0.239 e. The number of aromatic nitrogens is 2. The second kappa shape index (κ2) is 10.7. The van der Waals surface area contributed by atoms with Crippen molar-refractivity contribution in [1.82, 2.24) is 20.6 Å². The zero-order valence-corrected chi connectivity index (χ0v) is 21.7. The molecule has 0 aliphatic heterocycles. The second-order valence-electron chi connectivity index (χ2n) is 11.1. The van der Waals surface area contributed by atoms with Crippen LogP contribution in [0.1, 0.15) is 71.8 Å². The molecule has 1 heterocycles. The fourth-order valence-corrected chi connectivity index (χ4v) is 4.87. The van der Waals surface area contributed by atoms with E-state index in [1.54, 1.807) is 6.33 Å². The molecular weight excluding hydrogens is 434 g/mol. The lowest BCUT2D eigenvalue weighted by Gasteiger charge is -2.34. The summed E-state index contributed by atoms with van der Waals surface area (Å²) >= 11 is 0. The van der Waals surface area contributed by atoms with Gasteiger partial charge in [-0.05, 0) is 81.2 Å². The molecule has 186 valence electrons. The first-order valence-electron chi connectivity index (χ1n) is 12.8. The van der Waals surface area contributed by atoms with Crippen molar-refractivity contribution in [3.63, 3.8) is 0 Å². The molecule has 2 aromatic carbocycles. The molecule has 1 amide bonds. The SMILES string of the molecule is CC(C)c1ccc(-c2ccc3ncnc(NCC(=O)NC4CCC(NC(C)(C)C)CC4)c3c2)cc1. The minimum Gasteiger partial charge on any atom is -0.360 e. The number of amides is 1. The Hall–Kier alpha value is -2.99. The van der Waals surface area contributed by atoms with Crippen LogP contribution in [0.3, 0.4) is 0 Å². The molecule has 0 bridgehead atoms. The van der Waals surface area contributed by atoms with Gasteiger partial charge in [-0.3, -0.25) is 4.79 Å². The molecule has 1 aromatic heterocycles. The van der Waals surface area contributed by atoms with Gasteiger partial charge in [-0.15, -0.1) is 0 Å². The van der Waals surface area contributed by atoms with Gasteiger partial charge < -0.3 is 16.0 Å². The van der Waals surface area contributed by atoms with E-state index in [0.717, 1.165) is 47.7 Å². The first-order valence-corrected chi connectivity index (χ1v) is 12.8. The molecule has 3 N–H and O–H groups in total. The van der Waals surface area contributed by atoms with E-state index in [1.165, 1.54) is 5.56 Å². The molecule has 6 nitrogen and oxygen atoms in total. The van der Waals surface area contributed by atoms with Crippen LogP contribution in [0.15, 0.2) is 48.8 Å². The molecule has 4 rings (SSSR count). The molecule has 35 heavy (non-hydrogen) atoms. The summed E-state index contributed by atoms with van der Waals surface area (Å²) in [5.41, 5.74) is 4.57. The topological polar surface area (TPSA) is 78.9 Å². The van der Waals surface area contributed by atoms with Gasteiger partial charge in [0, 0.05) is 23.0 Å². The number of fused-ring (bicyclic) bond motifs is 1. The first-order chi connectivity index (χ1) is 16.7. The summed E-state index contributed by atoms with van der Waals surface area (Å²) in [6, 6.07) is 15.7. The summed E-state index contributed by atoms with van der Waals surface area (Å²) in [4.78, 5) is 21.5. The van der Waals surface area contributed by atoms with Crippen molar-refractivity contribution >= 4 is 22.6 Å². The van der Waals surface area contributed by atoms with E-state index in [4.69, 9.17) is 0 Å². The van der Waals surface area contributed by atoms with Crippen molar-refractivity contribution in [2.24, 2.45) is 0 Å². The molecule has 0 unspecified atom stereocenters. The zero-order valence-electron chi connectivity index (χ0n) is 21.7. The van der Waals surface area contributed by atoms with E-state index in [-0.39, 0.29) is 24.0 Å². The molecule has 1 saturated carbocycles. The highest BCUT2D eigenvalue weighted by molar-refractivity contribution is 5.93. The van der Waals surface area contributed by atoms with Crippen molar-refractivity contribution < 1.29 is 4.79 Å². The molecule has 1 aliphatic carbocycles. The van der Waals surface area contributed by atoms with Gasteiger partial charge in [0.05, 0.1) is 12.1 Å². The van der Waals surface area contributed by atoms with Crippen molar-refractivity contribution in [3.05, 3.63) is 54.4 Å². The number of hydrogen-bond donors (Lipinski definition) is 3. The number of rotatable bonds is 7. The number of hydrogen-bond acceptors (Lipinski definition) is 5. The number of carbonyl (C=O) groups excluding carboxylic acids is 1. The van der Waals surface area contributed by atoms with Crippen LogP contribution in [0.2, 0.25) is 0 Å². The lowest BCUT2D eigenvalue weighted by molar-refractivity contribution is -0.120. The summed E-state index contributed by atoms with van der Waals surface area (Å²) in [5, 5.41) is 11.0. The average molecular weight is 474 g/mol. The third kappa shape index (κ3) is 6.79. The largest absolute Gasteiger partial charge is 0.360 e. The highest BCUT2D eigenvalue weighted by Crippen LogP contribution is 2.28. The van der Waals surface area contributed by atoms with Crippen LogP contribution in [0, 0.1) is 0 Å². The number of anilines is 1. The van der Waals surface area contributed by atoms with Crippen LogP contribution < -0.4 is 16.0 Å². The Bertz CT molecular complexity index is 1140. The van der Waals surface area contributed by atoms with Gasteiger partial charge in [-0.2, -0.15) is 0 Å². The van der Waals surface area contributed by atoms with Gasteiger partial charge in [0.25, 0.3) is 0 Å². The quantitative estimate of drug-likeness (QED) is 0.413. The van der Waals surface area contributed by atoms with Crippen LogP contribution in [0.5, 0.6) is 0 Å². The minimum atomic E-state index is 0.00409. The predicted molar refractivity (Wildman–Crippen MR) is 145 cm³/mol. The fraction of sp³-hybridized carbons (Fsp3) is 0.483. The predicted octanol–water partition coefficient (Wildman–Crippen LogP) is 5.65. The van der Waals surface area contributed by atoms with Gasteiger partial charge in [0.15, 0.2) is 0 Å². The van der Waals surface area contributed by atoms with Gasteiger partial charge in [0.1, 0.15) is 12.1 Å². The molecule has 1 fully saturated rings. The summed E-state index contributed by atoms with van der Waals surface area (Å²) < 4.78 is 0. The van der Waals surface area contributed by atoms with E-state index in [2.05, 4.69) is 96.9 Å². The van der Waals surface area contributed by atoms with Crippen molar-refractivity contribution in [1.29, 1.82) is 0 Å². The molecular formula is C29H39N5O. The molecule has 0 atom stereocenters. The van der Waals surface area contributed by atoms with Gasteiger partial charge >= 0.3 is 0 Å². The summed E-state index contributed by atoms with van der Waals surface area (Å²) in [6.07, 6.45) is 5.74. The second-order valence-corrected chi connectivity index (χ2v) is 11.1. The van der Waals surface area contributed by atoms with Crippen LogP contribution in [0.4, 0.5) is 5.82 Å². The molecule has 6 heteroatoms. The Morgan fingerprint density at radius 2 is 1.60 bits per heavy atom. The number of carbonyl (C=O) groups is 1. The maximum Gasteiger partial charge on any atom is 0.239 e. The Morgan fingerprint density at radius 3 is 2.26 bits per heavy atom. The van der Waals surface area contributed by atoms with Gasteiger partial charge in [0.2, 0.25) is 5.91 Å². The molecule has 0 spiro atoms. The lowest BCUT2D eigenvalue weighted by atomic mass is 9.89. The van der Waals surface area contributed by atoms with Crippen molar-refractivity contribution in [2.75, 3.05) is 11.9 Å². The molecule has 1 aliphatic rings. The zero-order chi connectivity index (χ0) is 25.0. The Labute approximate surface area is 209 Å². The number of benzene rings is 2. The maximum absolute atomic E-state index is 12.7. The van der Waals surface area contributed by atoms with Crippen molar-refractivity contribution in [2.45, 2.75) is 83.8 Å². The Balaban J connectivity index is 1.37. The summed E-state index contributed by atoms with van der Waals surface area (Å²) in [5.74, 6) is 1.19. The van der Waals surface area contributed by atoms with Gasteiger partial charge in [-0.25, -0.2) is 9.97 Å². The standard InChI is InChI=1S/C29H39N5O/c1-19(2)20-6-8-21(9-7-20)22-10-15-26-25(16-22)28(32-18-31-26)30-17-27(35)33-23-11-13-24(14-12-23)34-29(3,4)5/h6-10,15-16,18-19,23-24,34H,11-14,17H2,1-5H3,(H,33,35)(H,30,31,32). The normalized spacial score (nSPS) is 18.6. The van der Waals surface area contributed by atoms with Crippen molar-refractivity contribution in [3.8, 4) is 11.1 Å². The van der Waals surface area contributed by atoms with E-state index < -0.39 is 0 Å². The molecule has 0 saturated heterocycles. The summed E-state index contributed by atoms with van der Waals surface area (Å²) in [7, 11) is 0. The number of nitrogens with zero attached hydrogens (tertiary/aromatic N) is 2. The van der Waals surface area contributed by atoms with E-state index >= 15 is 0 Å². The molecule has 0 radical (unpaired) electrons. The van der Waals surface area contributed by atoms with Crippen LogP contribution in [-0.2, 0) is 4.79 Å². The molecule has 3 aromatic rings. The average Bonchev–Trinajstić information content (AvgIpc) is 2.83. The van der Waals surface area contributed by atoms with E-state index in [1.807, 2.05) is 6.07 Å². The highest BCUT2D eigenvalue weighted by atomic mass is 16.2. The lowest BCUT2D eigenvalue weighted by Crippen LogP contribution is -2.48. The third-order valence-corrected chi connectivity index (χ3v) is 6.69. The fourth-order valence-electron chi connectivity index (χ4n) is 4.87. The van der Waals surface area contributed by atoms with E-state index in [0.29, 0.717) is 17.8 Å². The number of nitrogens with one attached hydrogen (secondary N) is 3. The Kier molecular flexibility index (Phi) is 7.70. The van der Waals surface area contributed by atoms with Crippen LogP contribution in [0.25, 0.3) is 22.0 Å². The summed E-state index contributed by atoms with van der Waals surface area (Å²) in [6.45, 7) is 11.2. The van der Waals surface area contributed by atoms with Gasteiger partial charge in [-0.1, -0.05) is 44.2 Å². The van der Waals surface area contributed by atoms with Crippen LogP contribution >= 0.6 is 0 Å². The van der Waals surface area contributed by atoms with Crippen LogP contribution in [-0.4, -0.2) is 40.0 Å². The maximum atomic E-state index is 12.7. The third-order valence-electron chi connectivity index (χ3n) is 6.69. The minimum absolute atomic E-state index is 0.00409. The monoisotopic (exact) mass is 473 g/mol.